The second kappa shape index (κ2) is 4.66. The van der Waals surface area contributed by atoms with E-state index in [4.69, 9.17) is 12.2 Å². The van der Waals surface area contributed by atoms with Crippen molar-refractivity contribution in [2.45, 2.75) is 18.5 Å². The number of nitrogens with one attached hydrogen (secondary N) is 1. The number of nitrogens with zero attached hydrogens (tertiary/aromatic N) is 3. The third-order valence-corrected chi connectivity index (χ3v) is 4.14. The van der Waals surface area contributed by atoms with Crippen LogP contribution >= 0.6 is 24.0 Å². The largest absolute Gasteiger partial charge is 0.327 e. The monoisotopic (exact) mass is 270 g/mol. The zero-order chi connectivity index (χ0) is 12.6. The molecule has 17 heavy (non-hydrogen) atoms. The Morgan fingerprint density at radius 3 is 2.76 bits per heavy atom. The number of thioether (sulfide) groups is 1. The normalized spacial score (nSPS) is 11.2. The smallest absolute Gasteiger partial charge is 0.280 e. The lowest BCUT2D eigenvalue weighted by molar-refractivity contribution is 0.741. The average Bonchev–Trinajstić information content (AvgIpc) is 2.75. The number of aromatic nitrogens is 4. The van der Waals surface area contributed by atoms with Crippen LogP contribution in [0.5, 0.6) is 0 Å². The summed E-state index contributed by atoms with van der Waals surface area (Å²) in [6.45, 7) is 2.11. The summed E-state index contributed by atoms with van der Waals surface area (Å²) in [6, 6.07) is 0. The summed E-state index contributed by atoms with van der Waals surface area (Å²) in [5.41, 5.74) is 1.01. The molecule has 0 amide bonds. The molecule has 0 atom stereocenters. The van der Waals surface area contributed by atoms with Gasteiger partial charge in [-0.1, -0.05) is 18.7 Å². The van der Waals surface area contributed by atoms with Crippen molar-refractivity contribution in [1.29, 1.82) is 0 Å². The second-order valence-corrected chi connectivity index (χ2v) is 5.24. The molecule has 0 saturated heterocycles. The van der Waals surface area contributed by atoms with Gasteiger partial charge in [0.2, 0.25) is 0 Å². The zero-order valence-electron chi connectivity index (χ0n) is 9.98. The Bertz CT molecular complexity index is 667. The molecule has 2 heterocycles. The molecule has 0 aliphatic heterocycles. The van der Waals surface area contributed by atoms with Gasteiger partial charge in [-0.3, -0.25) is 9.36 Å². The molecule has 0 bridgehead atoms. The van der Waals surface area contributed by atoms with Crippen LogP contribution in [0, 0.1) is 4.77 Å². The van der Waals surface area contributed by atoms with Gasteiger partial charge in [0.05, 0.1) is 0 Å². The van der Waals surface area contributed by atoms with Crippen LogP contribution in [0.3, 0.4) is 0 Å². The highest BCUT2D eigenvalue weighted by Crippen LogP contribution is 2.17. The predicted octanol–water partition coefficient (Wildman–Crippen LogP) is 1.83. The number of rotatable bonds is 3. The quantitative estimate of drug-likeness (QED) is 0.683. The SMILES string of the molecule is CCCSc1nc2c([nH]1)c(=O)n(C)c(=S)n2C. The number of hydrogen-bond donors (Lipinski definition) is 1. The van der Waals surface area contributed by atoms with Crippen LogP contribution < -0.4 is 5.56 Å². The molecular weight excluding hydrogens is 256 g/mol. The van der Waals surface area contributed by atoms with Crippen LogP contribution in [0.25, 0.3) is 11.2 Å². The van der Waals surface area contributed by atoms with E-state index >= 15 is 0 Å². The van der Waals surface area contributed by atoms with Gasteiger partial charge in [0.1, 0.15) is 0 Å². The highest BCUT2D eigenvalue weighted by atomic mass is 32.2. The van der Waals surface area contributed by atoms with E-state index in [9.17, 15) is 4.79 Å². The maximum atomic E-state index is 12.0. The van der Waals surface area contributed by atoms with Crippen molar-refractivity contribution in [2.24, 2.45) is 14.1 Å². The summed E-state index contributed by atoms with van der Waals surface area (Å²) < 4.78 is 3.67. The molecule has 2 aromatic rings. The first-order valence-electron chi connectivity index (χ1n) is 5.34. The highest BCUT2D eigenvalue weighted by molar-refractivity contribution is 7.99. The fourth-order valence-corrected chi connectivity index (χ4v) is 2.46. The molecular formula is C10H14N4OS2. The number of imidazole rings is 1. The highest BCUT2D eigenvalue weighted by Gasteiger charge is 2.11. The summed E-state index contributed by atoms with van der Waals surface area (Å²) >= 11 is 6.78. The van der Waals surface area contributed by atoms with Crippen molar-refractivity contribution in [2.75, 3.05) is 5.75 Å². The third-order valence-electron chi connectivity index (χ3n) is 2.52. The van der Waals surface area contributed by atoms with Gasteiger partial charge in [-0.2, -0.15) is 0 Å². The van der Waals surface area contributed by atoms with E-state index in [0.29, 0.717) is 15.9 Å². The Morgan fingerprint density at radius 2 is 2.12 bits per heavy atom. The Kier molecular flexibility index (Phi) is 3.39. The summed E-state index contributed by atoms with van der Waals surface area (Å²) in [6.07, 6.45) is 1.07. The Hall–Kier alpha value is -1.08. The molecule has 0 aromatic carbocycles. The number of aromatic amines is 1. The molecule has 0 aliphatic rings. The molecule has 0 aliphatic carbocycles. The van der Waals surface area contributed by atoms with E-state index in [2.05, 4.69) is 16.9 Å². The number of fused-ring (bicyclic) bond motifs is 1. The maximum Gasteiger partial charge on any atom is 0.280 e. The Morgan fingerprint density at radius 1 is 1.41 bits per heavy atom. The van der Waals surface area contributed by atoms with Gasteiger partial charge >= 0.3 is 0 Å². The van der Waals surface area contributed by atoms with Gasteiger partial charge in [0, 0.05) is 19.8 Å². The Labute approximate surface area is 108 Å². The maximum absolute atomic E-state index is 12.0. The predicted molar refractivity (Wildman–Crippen MR) is 72.2 cm³/mol. The van der Waals surface area contributed by atoms with Gasteiger partial charge in [0.25, 0.3) is 5.56 Å². The number of aryl methyl sites for hydroxylation is 1. The van der Waals surface area contributed by atoms with Crippen LogP contribution in [0.1, 0.15) is 13.3 Å². The fourth-order valence-electron chi connectivity index (χ4n) is 1.57. The topological polar surface area (TPSA) is 55.6 Å². The summed E-state index contributed by atoms with van der Waals surface area (Å²) in [5, 5.41) is 0.773. The molecule has 2 rings (SSSR count). The first kappa shape index (κ1) is 12.4. The van der Waals surface area contributed by atoms with E-state index in [0.717, 1.165) is 17.3 Å². The van der Waals surface area contributed by atoms with Gasteiger partial charge < -0.3 is 9.55 Å². The van der Waals surface area contributed by atoms with Gasteiger partial charge in [-0.15, -0.1) is 0 Å². The van der Waals surface area contributed by atoms with Crippen molar-refractivity contribution in [3.63, 3.8) is 0 Å². The molecule has 0 fully saturated rings. The van der Waals surface area contributed by atoms with Crippen molar-refractivity contribution >= 4 is 35.1 Å². The lowest BCUT2D eigenvalue weighted by atomic mass is 10.5. The van der Waals surface area contributed by atoms with Gasteiger partial charge in [-0.25, -0.2) is 4.98 Å². The van der Waals surface area contributed by atoms with Crippen molar-refractivity contribution in [3.05, 3.63) is 15.1 Å². The molecule has 0 spiro atoms. The molecule has 7 heteroatoms. The molecule has 0 saturated carbocycles. The molecule has 0 radical (unpaired) electrons. The van der Waals surface area contributed by atoms with E-state index in [1.165, 1.54) is 4.57 Å². The first-order chi connectivity index (χ1) is 8.06. The van der Waals surface area contributed by atoms with Crippen LogP contribution in [0.15, 0.2) is 9.95 Å². The third kappa shape index (κ3) is 2.04. The zero-order valence-corrected chi connectivity index (χ0v) is 11.6. The number of hydrogen-bond acceptors (Lipinski definition) is 4. The lowest BCUT2D eigenvalue weighted by Gasteiger charge is -2.03. The summed E-state index contributed by atoms with van der Waals surface area (Å²) in [4.78, 5) is 19.5. The molecule has 0 unspecified atom stereocenters. The van der Waals surface area contributed by atoms with Crippen molar-refractivity contribution in [3.8, 4) is 0 Å². The van der Waals surface area contributed by atoms with E-state index in [1.807, 2.05) is 7.05 Å². The van der Waals surface area contributed by atoms with Crippen LogP contribution in [0.2, 0.25) is 0 Å². The fraction of sp³-hybridized carbons (Fsp3) is 0.500. The van der Waals surface area contributed by atoms with Crippen LogP contribution in [-0.2, 0) is 14.1 Å². The lowest BCUT2D eigenvalue weighted by Crippen LogP contribution is -2.21. The Balaban J connectivity index is 2.69. The molecule has 92 valence electrons. The van der Waals surface area contributed by atoms with Crippen LogP contribution in [0.4, 0.5) is 0 Å². The van der Waals surface area contributed by atoms with Gasteiger partial charge in [-0.05, 0) is 18.6 Å². The molecule has 1 N–H and O–H groups in total. The standard InChI is InChI=1S/C10H14N4OS2/c1-4-5-17-9-11-6-7(12-9)13(2)10(16)14(3)8(6)15/h4-5H2,1-3H3,(H,11,12). The second-order valence-electron chi connectivity index (χ2n) is 3.79. The van der Waals surface area contributed by atoms with E-state index in [1.54, 1.807) is 23.4 Å². The van der Waals surface area contributed by atoms with E-state index in [-0.39, 0.29) is 5.56 Å². The van der Waals surface area contributed by atoms with Crippen molar-refractivity contribution < 1.29 is 0 Å². The number of H-pyrrole nitrogens is 1. The minimum absolute atomic E-state index is 0.126. The van der Waals surface area contributed by atoms with Gasteiger partial charge in [0.15, 0.2) is 21.1 Å². The van der Waals surface area contributed by atoms with Crippen LogP contribution in [-0.4, -0.2) is 24.9 Å². The minimum atomic E-state index is -0.126. The summed E-state index contributed by atoms with van der Waals surface area (Å²) in [7, 11) is 3.49. The molecule has 5 nitrogen and oxygen atoms in total. The first-order valence-corrected chi connectivity index (χ1v) is 6.74. The molecule has 2 aromatic heterocycles. The minimum Gasteiger partial charge on any atom is -0.327 e. The van der Waals surface area contributed by atoms with Crippen molar-refractivity contribution in [1.82, 2.24) is 19.1 Å². The average molecular weight is 270 g/mol. The summed E-state index contributed by atoms with van der Waals surface area (Å²) in [5.74, 6) is 0.977. The van der Waals surface area contributed by atoms with E-state index < -0.39 is 0 Å².